The second-order valence-electron chi connectivity index (χ2n) is 3.84. The number of rotatable bonds is 5. The Morgan fingerprint density at radius 3 is 2.84 bits per heavy atom. The van der Waals surface area contributed by atoms with Gasteiger partial charge in [-0.2, -0.15) is 0 Å². The van der Waals surface area contributed by atoms with Gasteiger partial charge in [0.2, 0.25) is 10.0 Å². The molecule has 0 aliphatic rings. The summed E-state index contributed by atoms with van der Waals surface area (Å²) < 4.78 is 27.8. The van der Waals surface area contributed by atoms with Gasteiger partial charge >= 0.3 is 0 Å². The molecule has 1 heterocycles. The lowest BCUT2D eigenvalue weighted by Gasteiger charge is -2.08. The topological polar surface area (TPSA) is 89.8 Å². The summed E-state index contributed by atoms with van der Waals surface area (Å²) in [4.78, 5) is 0.198. The van der Waals surface area contributed by atoms with E-state index in [-0.39, 0.29) is 11.4 Å². The standard InChI is InChI=1S/C11H13N5O2S/c1-3-6-13-19(17,18)10-4-5-11(9(2)7-10)16-8-12-14-15-16/h3-5,7-8,13H,1,6H2,2H3. The number of sulfonamides is 1. The van der Waals surface area contributed by atoms with Crippen molar-refractivity contribution in [1.29, 1.82) is 0 Å². The summed E-state index contributed by atoms with van der Waals surface area (Å²) in [5.74, 6) is 0. The van der Waals surface area contributed by atoms with Crippen LogP contribution >= 0.6 is 0 Å². The minimum atomic E-state index is -3.51. The first-order valence-corrected chi connectivity index (χ1v) is 6.97. The summed E-state index contributed by atoms with van der Waals surface area (Å²) in [5.41, 5.74) is 1.49. The van der Waals surface area contributed by atoms with Gasteiger partial charge in [0.15, 0.2) is 0 Å². The van der Waals surface area contributed by atoms with E-state index in [4.69, 9.17) is 0 Å². The van der Waals surface area contributed by atoms with E-state index in [0.29, 0.717) is 0 Å². The molecule has 0 aliphatic carbocycles. The lowest BCUT2D eigenvalue weighted by molar-refractivity contribution is 0.585. The van der Waals surface area contributed by atoms with Crippen molar-refractivity contribution in [3.63, 3.8) is 0 Å². The van der Waals surface area contributed by atoms with Crippen molar-refractivity contribution in [3.8, 4) is 5.69 Å². The highest BCUT2D eigenvalue weighted by Gasteiger charge is 2.14. The molecule has 19 heavy (non-hydrogen) atoms. The van der Waals surface area contributed by atoms with E-state index in [1.165, 1.54) is 23.2 Å². The third-order valence-electron chi connectivity index (χ3n) is 2.49. The first-order chi connectivity index (χ1) is 9.04. The number of hydrogen-bond donors (Lipinski definition) is 1. The van der Waals surface area contributed by atoms with Crippen molar-refractivity contribution >= 4 is 10.0 Å². The van der Waals surface area contributed by atoms with Crippen molar-refractivity contribution in [2.24, 2.45) is 0 Å². The molecule has 0 radical (unpaired) electrons. The van der Waals surface area contributed by atoms with Gasteiger partial charge in [0, 0.05) is 6.54 Å². The molecular formula is C11H13N5O2S. The number of hydrogen-bond acceptors (Lipinski definition) is 5. The van der Waals surface area contributed by atoms with Crippen LogP contribution in [0.1, 0.15) is 5.56 Å². The van der Waals surface area contributed by atoms with Crippen molar-refractivity contribution < 1.29 is 8.42 Å². The summed E-state index contributed by atoms with van der Waals surface area (Å²) in [5, 5.41) is 10.9. The van der Waals surface area contributed by atoms with Gasteiger partial charge in [-0.15, -0.1) is 11.7 Å². The molecular weight excluding hydrogens is 266 g/mol. The van der Waals surface area contributed by atoms with E-state index < -0.39 is 10.0 Å². The van der Waals surface area contributed by atoms with Gasteiger partial charge in [0.1, 0.15) is 6.33 Å². The number of tetrazole rings is 1. The Labute approximate surface area is 111 Å². The first kappa shape index (κ1) is 13.4. The molecule has 0 amide bonds. The minimum Gasteiger partial charge on any atom is -0.207 e. The van der Waals surface area contributed by atoms with Crippen LogP contribution in [-0.2, 0) is 10.0 Å². The lowest BCUT2D eigenvalue weighted by Crippen LogP contribution is -2.23. The molecule has 2 aromatic rings. The van der Waals surface area contributed by atoms with E-state index in [0.717, 1.165) is 11.3 Å². The molecule has 1 aromatic carbocycles. The lowest BCUT2D eigenvalue weighted by atomic mass is 10.2. The van der Waals surface area contributed by atoms with Crippen LogP contribution in [0.5, 0.6) is 0 Å². The van der Waals surface area contributed by atoms with Gasteiger partial charge in [0.05, 0.1) is 10.6 Å². The predicted octanol–water partition coefficient (Wildman–Crippen LogP) is 0.435. The van der Waals surface area contributed by atoms with E-state index in [1.807, 2.05) is 0 Å². The second-order valence-corrected chi connectivity index (χ2v) is 5.61. The monoisotopic (exact) mass is 279 g/mol. The molecule has 8 heteroatoms. The Bertz CT molecular complexity index is 679. The number of aryl methyl sites for hydroxylation is 1. The fourth-order valence-electron chi connectivity index (χ4n) is 1.58. The molecule has 7 nitrogen and oxygen atoms in total. The second kappa shape index (κ2) is 5.29. The smallest absolute Gasteiger partial charge is 0.207 e. The molecule has 0 spiro atoms. The van der Waals surface area contributed by atoms with Crippen LogP contribution in [0.15, 0.2) is 42.1 Å². The van der Waals surface area contributed by atoms with Crippen LogP contribution in [0.4, 0.5) is 0 Å². The third-order valence-corrected chi connectivity index (χ3v) is 3.91. The van der Waals surface area contributed by atoms with Gasteiger partial charge in [-0.3, -0.25) is 0 Å². The van der Waals surface area contributed by atoms with E-state index in [2.05, 4.69) is 26.8 Å². The molecule has 0 bridgehead atoms. The molecule has 0 fully saturated rings. The maximum absolute atomic E-state index is 11.9. The number of nitrogens with one attached hydrogen (secondary N) is 1. The third kappa shape index (κ3) is 2.85. The molecule has 0 saturated heterocycles. The Balaban J connectivity index is 2.37. The maximum Gasteiger partial charge on any atom is 0.240 e. The molecule has 1 N–H and O–H groups in total. The van der Waals surface area contributed by atoms with Crippen LogP contribution < -0.4 is 4.72 Å². The largest absolute Gasteiger partial charge is 0.240 e. The zero-order valence-corrected chi connectivity index (χ0v) is 11.1. The average molecular weight is 279 g/mol. The van der Waals surface area contributed by atoms with Crippen molar-refractivity contribution in [2.45, 2.75) is 11.8 Å². The molecule has 1 aromatic heterocycles. The Morgan fingerprint density at radius 1 is 1.47 bits per heavy atom. The van der Waals surface area contributed by atoms with Crippen molar-refractivity contribution in [3.05, 3.63) is 42.7 Å². The Morgan fingerprint density at radius 2 is 2.26 bits per heavy atom. The van der Waals surface area contributed by atoms with Gasteiger partial charge in [-0.1, -0.05) is 6.08 Å². The van der Waals surface area contributed by atoms with E-state index >= 15 is 0 Å². The highest BCUT2D eigenvalue weighted by molar-refractivity contribution is 7.89. The summed E-state index contributed by atoms with van der Waals surface area (Å²) >= 11 is 0. The summed E-state index contributed by atoms with van der Waals surface area (Å²) in [7, 11) is -3.51. The van der Waals surface area contributed by atoms with Gasteiger partial charge in [0.25, 0.3) is 0 Å². The quantitative estimate of drug-likeness (QED) is 0.802. The molecule has 100 valence electrons. The van der Waals surface area contributed by atoms with Gasteiger partial charge in [-0.25, -0.2) is 17.8 Å². The van der Waals surface area contributed by atoms with Crippen molar-refractivity contribution in [1.82, 2.24) is 24.9 Å². The zero-order valence-electron chi connectivity index (χ0n) is 10.3. The highest BCUT2D eigenvalue weighted by atomic mass is 32.2. The molecule has 0 aliphatic heterocycles. The fourth-order valence-corrected chi connectivity index (χ4v) is 2.66. The maximum atomic E-state index is 11.9. The fraction of sp³-hybridized carbons (Fsp3) is 0.182. The Hall–Kier alpha value is -2.06. The SMILES string of the molecule is C=CCNS(=O)(=O)c1ccc(-n2cnnn2)c(C)c1. The molecule has 0 unspecified atom stereocenters. The number of nitrogens with zero attached hydrogens (tertiary/aromatic N) is 4. The van der Waals surface area contributed by atoms with Crippen LogP contribution in [0.2, 0.25) is 0 Å². The van der Waals surface area contributed by atoms with E-state index in [9.17, 15) is 8.42 Å². The van der Waals surface area contributed by atoms with Crippen LogP contribution in [0, 0.1) is 6.92 Å². The van der Waals surface area contributed by atoms with Crippen LogP contribution in [0.3, 0.4) is 0 Å². The molecule has 0 saturated carbocycles. The number of aromatic nitrogens is 4. The predicted molar refractivity (Wildman–Crippen MR) is 69.3 cm³/mol. The molecule has 2 rings (SSSR count). The minimum absolute atomic E-state index is 0.191. The summed E-state index contributed by atoms with van der Waals surface area (Å²) in [6.07, 6.45) is 2.94. The van der Waals surface area contributed by atoms with E-state index in [1.54, 1.807) is 19.1 Å². The zero-order chi connectivity index (χ0) is 13.9. The van der Waals surface area contributed by atoms with Crippen LogP contribution in [-0.4, -0.2) is 35.2 Å². The van der Waals surface area contributed by atoms with Gasteiger partial charge < -0.3 is 0 Å². The first-order valence-electron chi connectivity index (χ1n) is 5.49. The highest BCUT2D eigenvalue weighted by Crippen LogP contribution is 2.17. The van der Waals surface area contributed by atoms with Gasteiger partial charge in [-0.05, 0) is 41.1 Å². The summed E-state index contributed by atoms with van der Waals surface area (Å²) in [6.45, 7) is 5.46. The Kier molecular flexibility index (Phi) is 3.72. The normalized spacial score (nSPS) is 11.4. The van der Waals surface area contributed by atoms with Crippen LogP contribution in [0.25, 0.3) is 5.69 Å². The number of benzene rings is 1. The summed E-state index contributed by atoms with van der Waals surface area (Å²) in [6, 6.07) is 4.74. The van der Waals surface area contributed by atoms with Crippen molar-refractivity contribution in [2.75, 3.05) is 6.54 Å². The molecule has 0 atom stereocenters. The average Bonchev–Trinajstić information content (AvgIpc) is 2.90.